The Balaban J connectivity index is 1.72. The lowest BCUT2D eigenvalue weighted by Crippen LogP contribution is -2.05. The number of ether oxygens (including phenoxy) is 2. The summed E-state index contributed by atoms with van der Waals surface area (Å²) < 4.78 is 16.4. The third-order valence-electron chi connectivity index (χ3n) is 3.63. The van der Waals surface area contributed by atoms with Gasteiger partial charge in [0.25, 0.3) is 5.89 Å². The van der Waals surface area contributed by atoms with Crippen LogP contribution in [-0.4, -0.2) is 17.3 Å². The highest BCUT2D eigenvalue weighted by molar-refractivity contribution is 5.46. The van der Waals surface area contributed by atoms with Gasteiger partial charge in [0, 0.05) is 12.5 Å². The Bertz CT molecular complexity index is 884. The summed E-state index contributed by atoms with van der Waals surface area (Å²) in [5.74, 6) is 1.98. The van der Waals surface area contributed by atoms with Crippen molar-refractivity contribution in [1.29, 1.82) is 5.26 Å². The summed E-state index contributed by atoms with van der Waals surface area (Å²) in [6, 6.07) is 17.0. The van der Waals surface area contributed by atoms with Gasteiger partial charge in [-0.3, -0.25) is 0 Å². The van der Waals surface area contributed by atoms with Crippen LogP contribution in [-0.2, 0) is 6.42 Å². The molecule has 0 spiro atoms. The molecule has 0 saturated heterocycles. The van der Waals surface area contributed by atoms with Gasteiger partial charge in [0.2, 0.25) is 0 Å². The van der Waals surface area contributed by atoms with Crippen molar-refractivity contribution in [2.45, 2.75) is 19.4 Å². The molecule has 126 valence electrons. The number of hydrogen-bond acceptors (Lipinski definition) is 6. The summed E-state index contributed by atoms with van der Waals surface area (Å²) in [6.07, 6.45) is 0.149. The van der Waals surface area contributed by atoms with E-state index in [0.717, 1.165) is 5.56 Å². The number of rotatable bonds is 6. The molecule has 1 heterocycles. The van der Waals surface area contributed by atoms with Crippen LogP contribution in [0.2, 0.25) is 0 Å². The van der Waals surface area contributed by atoms with Crippen molar-refractivity contribution in [2.75, 3.05) is 7.11 Å². The maximum absolute atomic E-state index is 8.95. The topological polar surface area (TPSA) is 81.2 Å². The fourth-order valence-electron chi connectivity index (χ4n) is 2.36. The number of hydrogen-bond donors (Lipinski definition) is 0. The molecule has 0 aliphatic carbocycles. The van der Waals surface area contributed by atoms with Gasteiger partial charge in [-0.15, -0.1) is 0 Å². The van der Waals surface area contributed by atoms with Crippen LogP contribution >= 0.6 is 0 Å². The number of benzene rings is 2. The van der Waals surface area contributed by atoms with E-state index in [0.29, 0.717) is 35.2 Å². The SMILES string of the molecule is COc1cc(C#N)ccc1O[C@@H](C)c1nc(Cc2ccccc2)no1. The Morgan fingerprint density at radius 2 is 1.96 bits per heavy atom. The predicted octanol–water partition coefficient (Wildman–Crippen LogP) is 3.68. The van der Waals surface area contributed by atoms with Gasteiger partial charge < -0.3 is 14.0 Å². The zero-order chi connectivity index (χ0) is 17.6. The summed E-state index contributed by atoms with van der Waals surface area (Å²) in [4.78, 5) is 4.39. The smallest absolute Gasteiger partial charge is 0.267 e. The van der Waals surface area contributed by atoms with E-state index in [2.05, 4.69) is 16.2 Å². The molecule has 25 heavy (non-hydrogen) atoms. The Morgan fingerprint density at radius 3 is 2.68 bits per heavy atom. The molecule has 1 aromatic heterocycles. The van der Waals surface area contributed by atoms with E-state index in [4.69, 9.17) is 19.3 Å². The predicted molar refractivity (Wildman–Crippen MR) is 90.3 cm³/mol. The molecule has 0 aliphatic rings. The van der Waals surface area contributed by atoms with Crippen molar-refractivity contribution in [1.82, 2.24) is 10.1 Å². The molecule has 2 aromatic carbocycles. The van der Waals surface area contributed by atoms with Crippen LogP contribution in [0.3, 0.4) is 0 Å². The molecular weight excluding hydrogens is 318 g/mol. The lowest BCUT2D eigenvalue weighted by Gasteiger charge is -2.14. The Hall–Kier alpha value is -3.33. The molecule has 3 rings (SSSR count). The molecular formula is C19H17N3O3. The van der Waals surface area contributed by atoms with Gasteiger partial charge in [0.15, 0.2) is 23.4 Å². The lowest BCUT2D eigenvalue weighted by molar-refractivity contribution is 0.169. The second kappa shape index (κ2) is 7.49. The largest absolute Gasteiger partial charge is 0.493 e. The summed E-state index contributed by atoms with van der Waals surface area (Å²) in [6.45, 7) is 1.82. The van der Waals surface area contributed by atoms with E-state index in [9.17, 15) is 0 Å². The fourth-order valence-corrected chi connectivity index (χ4v) is 2.36. The van der Waals surface area contributed by atoms with Crippen LogP contribution in [0, 0.1) is 11.3 Å². The number of methoxy groups -OCH3 is 1. The van der Waals surface area contributed by atoms with Crippen LogP contribution in [0.15, 0.2) is 53.1 Å². The maximum atomic E-state index is 8.95. The van der Waals surface area contributed by atoms with Crippen LogP contribution in [0.1, 0.15) is 35.9 Å². The van der Waals surface area contributed by atoms with E-state index < -0.39 is 6.10 Å². The summed E-state index contributed by atoms with van der Waals surface area (Å²) >= 11 is 0. The van der Waals surface area contributed by atoms with Crippen LogP contribution < -0.4 is 9.47 Å². The average Bonchev–Trinajstić information content (AvgIpc) is 3.11. The molecule has 1 atom stereocenters. The molecule has 6 heteroatoms. The highest BCUT2D eigenvalue weighted by Gasteiger charge is 2.18. The number of nitrogens with zero attached hydrogens (tertiary/aromatic N) is 3. The zero-order valence-electron chi connectivity index (χ0n) is 14.0. The number of aromatic nitrogens is 2. The summed E-state index contributed by atoms with van der Waals surface area (Å²) in [5, 5.41) is 13.0. The van der Waals surface area contributed by atoms with Gasteiger partial charge in [-0.2, -0.15) is 10.2 Å². The summed E-state index contributed by atoms with van der Waals surface area (Å²) in [5.41, 5.74) is 1.61. The van der Waals surface area contributed by atoms with Gasteiger partial charge in [-0.05, 0) is 24.6 Å². The molecule has 0 fully saturated rings. The first-order valence-corrected chi connectivity index (χ1v) is 7.81. The molecule has 0 unspecified atom stereocenters. The molecule has 0 amide bonds. The molecule has 0 saturated carbocycles. The minimum absolute atomic E-state index is 0.386. The van der Waals surface area contributed by atoms with Crippen LogP contribution in [0.5, 0.6) is 11.5 Å². The van der Waals surface area contributed by atoms with Crippen LogP contribution in [0.25, 0.3) is 0 Å². The molecule has 0 N–H and O–H groups in total. The lowest BCUT2D eigenvalue weighted by atomic mass is 10.1. The van der Waals surface area contributed by atoms with E-state index in [-0.39, 0.29) is 0 Å². The van der Waals surface area contributed by atoms with Gasteiger partial charge in [-0.25, -0.2) is 0 Å². The van der Waals surface area contributed by atoms with Crippen molar-refractivity contribution < 1.29 is 14.0 Å². The van der Waals surface area contributed by atoms with Gasteiger partial charge in [0.05, 0.1) is 18.7 Å². The molecule has 6 nitrogen and oxygen atoms in total. The second-order valence-corrected chi connectivity index (χ2v) is 5.45. The first-order valence-electron chi connectivity index (χ1n) is 7.81. The zero-order valence-corrected chi connectivity index (χ0v) is 14.0. The minimum atomic E-state index is -0.446. The van der Waals surface area contributed by atoms with Gasteiger partial charge >= 0.3 is 0 Å². The Kier molecular flexibility index (Phi) is 4.95. The van der Waals surface area contributed by atoms with Crippen molar-refractivity contribution in [3.05, 3.63) is 71.4 Å². The Morgan fingerprint density at radius 1 is 1.16 bits per heavy atom. The third kappa shape index (κ3) is 3.96. The standard InChI is InChI=1S/C19H17N3O3/c1-13(24-16-9-8-15(12-20)10-17(16)23-2)19-21-18(22-25-19)11-14-6-4-3-5-7-14/h3-10,13H,11H2,1-2H3/t13-/m0/s1. The van der Waals surface area contributed by atoms with E-state index in [1.165, 1.54) is 7.11 Å². The van der Waals surface area contributed by atoms with Crippen molar-refractivity contribution in [3.8, 4) is 17.6 Å². The first kappa shape index (κ1) is 16.5. The summed E-state index contributed by atoms with van der Waals surface area (Å²) in [7, 11) is 1.53. The first-order chi connectivity index (χ1) is 12.2. The highest BCUT2D eigenvalue weighted by Crippen LogP contribution is 2.31. The van der Waals surface area contributed by atoms with E-state index >= 15 is 0 Å². The molecule has 3 aromatic rings. The highest BCUT2D eigenvalue weighted by atomic mass is 16.5. The van der Waals surface area contributed by atoms with Gasteiger partial charge in [0.1, 0.15) is 0 Å². The fraction of sp³-hybridized carbons (Fsp3) is 0.211. The van der Waals surface area contributed by atoms with Crippen molar-refractivity contribution in [2.24, 2.45) is 0 Å². The molecule has 0 bridgehead atoms. The van der Waals surface area contributed by atoms with Crippen LogP contribution in [0.4, 0.5) is 0 Å². The minimum Gasteiger partial charge on any atom is -0.493 e. The quantitative estimate of drug-likeness (QED) is 0.683. The van der Waals surface area contributed by atoms with Crippen molar-refractivity contribution in [3.63, 3.8) is 0 Å². The van der Waals surface area contributed by atoms with Gasteiger partial charge in [-0.1, -0.05) is 35.5 Å². The monoisotopic (exact) mass is 335 g/mol. The number of nitriles is 1. The Labute approximate surface area is 145 Å². The maximum Gasteiger partial charge on any atom is 0.267 e. The normalized spacial score (nSPS) is 11.6. The molecule has 0 radical (unpaired) electrons. The second-order valence-electron chi connectivity index (χ2n) is 5.45. The van der Waals surface area contributed by atoms with E-state index in [1.807, 2.05) is 37.3 Å². The third-order valence-corrected chi connectivity index (χ3v) is 3.63. The molecule has 0 aliphatic heterocycles. The van der Waals surface area contributed by atoms with E-state index in [1.54, 1.807) is 18.2 Å². The van der Waals surface area contributed by atoms with Crippen molar-refractivity contribution >= 4 is 0 Å². The average molecular weight is 335 g/mol.